The van der Waals surface area contributed by atoms with Crippen LogP contribution in [0.3, 0.4) is 0 Å². The predicted octanol–water partition coefficient (Wildman–Crippen LogP) is 2.81. The largest absolute Gasteiger partial charge is 0.491 e. The van der Waals surface area contributed by atoms with E-state index in [-0.39, 0.29) is 30.1 Å². The van der Waals surface area contributed by atoms with E-state index >= 15 is 0 Å². The maximum Gasteiger partial charge on any atom is 0.191 e. The van der Waals surface area contributed by atoms with Gasteiger partial charge in [-0.05, 0) is 51.3 Å². The van der Waals surface area contributed by atoms with Gasteiger partial charge in [0.15, 0.2) is 11.8 Å². The summed E-state index contributed by atoms with van der Waals surface area (Å²) in [6.07, 6.45) is 2.80. The SMILES string of the molecule is CCNC(=NCc1nnc2n1CCCC2)NCC(O)c1ccc(OC(C)C)cc1.I. The summed E-state index contributed by atoms with van der Waals surface area (Å²) in [5, 5.41) is 25.5. The van der Waals surface area contributed by atoms with Crippen LogP contribution in [-0.2, 0) is 19.5 Å². The zero-order valence-electron chi connectivity index (χ0n) is 18.0. The molecule has 1 aliphatic rings. The summed E-state index contributed by atoms with van der Waals surface area (Å²) in [7, 11) is 0. The van der Waals surface area contributed by atoms with E-state index in [4.69, 9.17) is 4.74 Å². The number of aliphatic hydroxyl groups excluding tert-OH is 1. The summed E-state index contributed by atoms with van der Waals surface area (Å²) in [6.45, 7) is 8.51. The van der Waals surface area contributed by atoms with Crippen molar-refractivity contribution in [1.29, 1.82) is 0 Å². The number of guanidine groups is 1. The highest BCUT2D eigenvalue weighted by atomic mass is 127. The lowest BCUT2D eigenvalue weighted by molar-refractivity contribution is 0.180. The van der Waals surface area contributed by atoms with Gasteiger partial charge >= 0.3 is 0 Å². The molecular formula is C21H33IN6O2. The predicted molar refractivity (Wildman–Crippen MR) is 128 cm³/mol. The molecule has 1 aromatic carbocycles. The van der Waals surface area contributed by atoms with E-state index in [9.17, 15) is 5.11 Å². The monoisotopic (exact) mass is 528 g/mol. The van der Waals surface area contributed by atoms with Crippen molar-refractivity contribution in [3.63, 3.8) is 0 Å². The Morgan fingerprint density at radius 3 is 2.67 bits per heavy atom. The number of aliphatic hydroxyl groups is 1. The van der Waals surface area contributed by atoms with Crippen molar-refractivity contribution in [2.24, 2.45) is 4.99 Å². The second kappa shape index (κ2) is 12.1. The fourth-order valence-corrected chi connectivity index (χ4v) is 3.33. The first-order valence-electron chi connectivity index (χ1n) is 10.4. The fraction of sp³-hybridized carbons (Fsp3) is 0.571. The second-order valence-corrected chi connectivity index (χ2v) is 7.47. The number of nitrogens with zero attached hydrogens (tertiary/aromatic N) is 4. The third-order valence-corrected chi connectivity index (χ3v) is 4.76. The van der Waals surface area contributed by atoms with Crippen molar-refractivity contribution in [2.45, 2.75) is 65.3 Å². The minimum atomic E-state index is -0.646. The van der Waals surface area contributed by atoms with Crippen LogP contribution in [-0.4, -0.2) is 45.0 Å². The number of nitrogens with one attached hydrogen (secondary N) is 2. The number of halogens is 1. The Balaban J connectivity index is 0.00000320. The Hall–Kier alpha value is -1.88. The molecule has 2 aromatic rings. The molecule has 1 aromatic heterocycles. The molecule has 0 radical (unpaired) electrons. The van der Waals surface area contributed by atoms with Crippen molar-refractivity contribution >= 4 is 29.9 Å². The van der Waals surface area contributed by atoms with E-state index in [1.807, 2.05) is 45.0 Å². The Morgan fingerprint density at radius 1 is 1.20 bits per heavy atom. The molecule has 0 amide bonds. The minimum absolute atomic E-state index is 0. The van der Waals surface area contributed by atoms with Crippen molar-refractivity contribution in [2.75, 3.05) is 13.1 Å². The van der Waals surface area contributed by atoms with Gasteiger partial charge in [0, 0.05) is 26.1 Å². The maximum atomic E-state index is 10.5. The smallest absolute Gasteiger partial charge is 0.191 e. The van der Waals surface area contributed by atoms with Gasteiger partial charge in [0.05, 0.1) is 12.2 Å². The van der Waals surface area contributed by atoms with Gasteiger partial charge in [-0.25, -0.2) is 4.99 Å². The molecule has 3 N–H and O–H groups in total. The Kier molecular flexibility index (Phi) is 9.83. The van der Waals surface area contributed by atoms with E-state index in [1.165, 1.54) is 6.42 Å². The molecule has 0 aliphatic carbocycles. The zero-order valence-corrected chi connectivity index (χ0v) is 20.3. The molecule has 0 saturated heterocycles. The van der Waals surface area contributed by atoms with Crippen LogP contribution in [0.1, 0.15) is 56.9 Å². The molecule has 0 bridgehead atoms. The van der Waals surface area contributed by atoms with Crippen LogP contribution in [0.15, 0.2) is 29.3 Å². The van der Waals surface area contributed by atoms with Gasteiger partial charge in [-0.1, -0.05) is 12.1 Å². The van der Waals surface area contributed by atoms with Gasteiger partial charge in [-0.15, -0.1) is 34.2 Å². The molecule has 30 heavy (non-hydrogen) atoms. The maximum absolute atomic E-state index is 10.5. The molecule has 0 fully saturated rings. The lowest BCUT2D eigenvalue weighted by Crippen LogP contribution is -2.39. The average molecular weight is 528 g/mol. The van der Waals surface area contributed by atoms with E-state index in [2.05, 4.69) is 30.4 Å². The highest BCUT2D eigenvalue weighted by Crippen LogP contribution is 2.18. The third kappa shape index (κ3) is 6.83. The molecule has 166 valence electrons. The summed E-state index contributed by atoms with van der Waals surface area (Å²) < 4.78 is 7.82. The summed E-state index contributed by atoms with van der Waals surface area (Å²) >= 11 is 0. The van der Waals surface area contributed by atoms with Gasteiger partial charge in [-0.3, -0.25) is 0 Å². The van der Waals surface area contributed by atoms with Crippen molar-refractivity contribution in [1.82, 2.24) is 25.4 Å². The molecular weight excluding hydrogens is 495 g/mol. The Bertz CT molecular complexity index is 806. The molecule has 0 saturated carbocycles. The van der Waals surface area contributed by atoms with Gasteiger partial charge in [-0.2, -0.15) is 0 Å². The van der Waals surface area contributed by atoms with Crippen LogP contribution in [0.2, 0.25) is 0 Å². The fourth-order valence-electron chi connectivity index (χ4n) is 3.33. The highest BCUT2D eigenvalue weighted by Gasteiger charge is 2.15. The molecule has 9 heteroatoms. The Labute approximate surface area is 195 Å². The first-order valence-corrected chi connectivity index (χ1v) is 10.4. The minimum Gasteiger partial charge on any atom is -0.491 e. The number of ether oxygens (including phenoxy) is 1. The van der Waals surface area contributed by atoms with E-state index in [0.29, 0.717) is 19.0 Å². The van der Waals surface area contributed by atoms with Crippen LogP contribution >= 0.6 is 24.0 Å². The molecule has 1 atom stereocenters. The van der Waals surface area contributed by atoms with Crippen molar-refractivity contribution in [3.8, 4) is 5.75 Å². The van der Waals surface area contributed by atoms with Crippen LogP contribution in [0.25, 0.3) is 0 Å². The van der Waals surface area contributed by atoms with E-state index in [1.54, 1.807) is 0 Å². The van der Waals surface area contributed by atoms with Gasteiger partial charge in [0.2, 0.25) is 0 Å². The van der Waals surface area contributed by atoms with Crippen LogP contribution in [0.4, 0.5) is 0 Å². The summed E-state index contributed by atoms with van der Waals surface area (Å²) in [6, 6.07) is 7.53. The van der Waals surface area contributed by atoms with Crippen LogP contribution in [0.5, 0.6) is 5.75 Å². The molecule has 2 heterocycles. The van der Waals surface area contributed by atoms with Crippen molar-refractivity contribution < 1.29 is 9.84 Å². The average Bonchev–Trinajstić information content (AvgIpc) is 3.13. The molecule has 1 unspecified atom stereocenters. The topological polar surface area (TPSA) is 96.6 Å². The standard InChI is InChI=1S/C21H32N6O2.HI/c1-4-22-21(24-14-20-26-25-19-7-5-6-12-27(19)20)23-13-18(28)16-8-10-17(11-9-16)29-15(2)3;/h8-11,15,18,28H,4-7,12-14H2,1-3H3,(H2,22,23,24);1H. The molecule has 8 nitrogen and oxygen atoms in total. The first kappa shape index (κ1) is 24.4. The van der Waals surface area contributed by atoms with Gasteiger partial charge < -0.3 is 25.0 Å². The number of hydrogen-bond donors (Lipinski definition) is 3. The summed E-state index contributed by atoms with van der Waals surface area (Å²) in [5.74, 6) is 3.40. The molecule has 1 aliphatic heterocycles. The van der Waals surface area contributed by atoms with Gasteiger partial charge in [0.1, 0.15) is 18.1 Å². The first-order chi connectivity index (χ1) is 14.1. The van der Waals surface area contributed by atoms with Crippen LogP contribution < -0.4 is 15.4 Å². The third-order valence-electron chi connectivity index (χ3n) is 4.76. The van der Waals surface area contributed by atoms with E-state index < -0.39 is 6.10 Å². The number of hydrogen-bond acceptors (Lipinski definition) is 5. The Morgan fingerprint density at radius 2 is 1.97 bits per heavy atom. The summed E-state index contributed by atoms with van der Waals surface area (Å²) in [5.41, 5.74) is 0.830. The van der Waals surface area contributed by atoms with Crippen molar-refractivity contribution in [3.05, 3.63) is 41.5 Å². The quantitative estimate of drug-likeness (QED) is 0.277. The van der Waals surface area contributed by atoms with Crippen LogP contribution in [0, 0.1) is 0 Å². The lowest BCUT2D eigenvalue weighted by atomic mass is 10.1. The number of benzene rings is 1. The number of fused-ring (bicyclic) bond motifs is 1. The van der Waals surface area contributed by atoms with E-state index in [0.717, 1.165) is 48.9 Å². The number of aryl methyl sites for hydroxylation is 1. The summed E-state index contributed by atoms with van der Waals surface area (Å²) in [4.78, 5) is 4.62. The number of aromatic nitrogens is 3. The molecule has 3 rings (SSSR count). The number of aliphatic imine (C=N–C) groups is 1. The zero-order chi connectivity index (χ0) is 20.6. The number of rotatable bonds is 8. The molecule has 0 spiro atoms. The lowest BCUT2D eigenvalue weighted by Gasteiger charge is -2.17. The highest BCUT2D eigenvalue weighted by molar-refractivity contribution is 14.0. The normalized spacial score (nSPS) is 14.6. The second-order valence-electron chi connectivity index (χ2n) is 7.47. The van der Waals surface area contributed by atoms with Gasteiger partial charge in [0.25, 0.3) is 0 Å².